The molecule has 0 N–H and O–H groups in total. The van der Waals surface area contributed by atoms with Crippen molar-refractivity contribution in [1.82, 2.24) is 19.7 Å². The van der Waals surface area contributed by atoms with E-state index in [4.69, 9.17) is 4.42 Å². The minimum absolute atomic E-state index is 0.0328. The van der Waals surface area contributed by atoms with Gasteiger partial charge in [0.25, 0.3) is 0 Å². The van der Waals surface area contributed by atoms with Crippen molar-refractivity contribution in [1.29, 1.82) is 0 Å². The van der Waals surface area contributed by atoms with Crippen molar-refractivity contribution in [3.8, 4) is 11.6 Å². The standard InChI is InChI=1S/C23H21BrN4O2S/c1-27(14-17-8-4-2-5-9-17)21(29)16-31-23-26-25-22(19-12-13-20(24)30-19)28(23)15-18-10-6-3-7-11-18/h2-13H,14-16H2,1H3. The van der Waals surface area contributed by atoms with Gasteiger partial charge in [-0.1, -0.05) is 72.4 Å². The molecule has 0 spiro atoms. The summed E-state index contributed by atoms with van der Waals surface area (Å²) < 4.78 is 8.31. The molecule has 0 aliphatic heterocycles. The second kappa shape index (κ2) is 9.98. The SMILES string of the molecule is CN(Cc1ccccc1)C(=O)CSc1nnc(-c2ccc(Br)o2)n1Cc1ccccc1. The fourth-order valence-electron chi connectivity index (χ4n) is 3.10. The van der Waals surface area contributed by atoms with E-state index in [0.29, 0.717) is 34.5 Å². The molecule has 4 rings (SSSR count). The fourth-order valence-corrected chi connectivity index (χ4v) is 4.29. The number of carbonyl (C=O) groups is 1. The number of carbonyl (C=O) groups excluding carboxylic acids is 1. The van der Waals surface area contributed by atoms with Gasteiger partial charge in [0, 0.05) is 13.6 Å². The van der Waals surface area contributed by atoms with Crippen molar-refractivity contribution in [2.45, 2.75) is 18.2 Å². The minimum Gasteiger partial charge on any atom is -0.446 e. The number of furan rings is 1. The number of hydrogen-bond acceptors (Lipinski definition) is 5. The van der Waals surface area contributed by atoms with Gasteiger partial charge in [0.2, 0.25) is 11.7 Å². The Labute approximate surface area is 193 Å². The summed E-state index contributed by atoms with van der Waals surface area (Å²) in [6.07, 6.45) is 0. The van der Waals surface area contributed by atoms with E-state index in [1.165, 1.54) is 11.8 Å². The van der Waals surface area contributed by atoms with Gasteiger partial charge in [-0.3, -0.25) is 9.36 Å². The van der Waals surface area contributed by atoms with Crippen molar-refractivity contribution < 1.29 is 9.21 Å². The highest BCUT2D eigenvalue weighted by Gasteiger charge is 2.19. The summed E-state index contributed by atoms with van der Waals surface area (Å²) >= 11 is 4.72. The van der Waals surface area contributed by atoms with Crippen molar-refractivity contribution in [2.75, 3.05) is 12.8 Å². The van der Waals surface area contributed by atoms with Crippen LogP contribution in [0.3, 0.4) is 0 Å². The number of amides is 1. The molecule has 2 aromatic carbocycles. The van der Waals surface area contributed by atoms with Crippen LogP contribution in [0.4, 0.5) is 0 Å². The predicted octanol–water partition coefficient (Wildman–Crippen LogP) is 5.10. The van der Waals surface area contributed by atoms with Gasteiger partial charge < -0.3 is 9.32 Å². The maximum absolute atomic E-state index is 12.7. The average molecular weight is 497 g/mol. The summed E-state index contributed by atoms with van der Waals surface area (Å²) in [5, 5.41) is 9.36. The summed E-state index contributed by atoms with van der Waals surface area (Å²) in [4.78, 5) is 14.4. The van der Waals surface area contributed by atoms with E-state index < -0.39 is 0 Å². The van der Waals surface area contributed by atoms with Crippen molar-refractivity contribution in [3.05, 3.63) is 88.6 Å². The Morgan fingerprint density at radius 2 is 1.68 bits per heavy atom. The highest BCUT2D eigenvalue weighted by molar-refractivity contribution is 9.10. The highest BCUT2D eigenvalue weighted by atomic mass is 79.9. The van der Waals surface area contributed by atoms with Crippen molar-refractivity contribution >= 4 is 33.6 Å². The van der Waals surface area contributed by atoms with E-state index in [9.17, 15) is 4.79 Å². The lowest BCUT2D eigenvalue weighted by molar-refractivity contribution is -0.127. The van der Waals surface area contributed by atoms with Crippen LogP contribution in [-0.4, -0.2) is 38.4 Å². The van der Waals surface area contributed by atoms with Gasteiger partial charge in [0.05, 0.1) is 12.3 Å². The molecule has 2 heterocycles. The van der Waals surface area contributed by atoms with Crippen LogP contribution in [0.1, 0.15) is 11.1 Å². The minimum atomic E-state index is 0.0328. The summed E-state index contributed by atoms with van der Waals surface area (Å²) in [6.45, 7) is 1.15. The maximum Gasteiger partial charge on any atom is 0.233 e. The van der Waals surface area contributed by atoms with Gasteiger partial charge in [0.15, 0.2) is 15.6 Å². The number of rotatable bonds is 8. The van der Waals surface area contributed by atoms with Gasteiger partial charge >= 0.3 is 0 Å². The zero-order valence-corrected chi connectivity index (χ0v) is 19.3. The molecule has 31 heavy (non-hydrogen) atoms. The van der Waals surface area contributed by atoms with Crippen LogP contribution in [0.25, 0.3) is 11.6 Å². The molecule has 1 amide bonds. The molecule has 0 saturated carbocycles. The fraction of sp³-hybridized carbons (Fsp3) is 0.174. The van der Waals surface area contributed by atoms with Crippen LogP contribution >= 0.6 is 27.7 Å². The Bertz CT molecular complexity index is 1140. The number of aromatic nitrogens is 3. The van der Waals surface area contributed by atoms with Crippen molar-refractivity contribution in [3.63, 3.8) is 0 Å². The third-order valence-corrected chi connectivity index (χ3v) is 6.08. The summed E-state index contributed by atoms with van der Waals surface area (Å²) in [6, 6.07) is 23.7. The molecule has 6 nitrogen and oxygen atoms in total. The van der Waals surface area contributed by atoms with Gasteiger partial charge in [-0.2, -0.15) is 0 Å². The monoisotopic (exact) mass is 496 g/mol. The largest absolute Gasteiger partial charge is 0.446 e. The van der Waals surface area contributed by atoms with E-state index in [0.717, 1.165) is 11.1 Å². The third kappa shape index (κ3) is 5.45. The van der Waals surface area contributed by atoms with E-state index in [-0.39, 0.29) is 11.7 Å². The first kappa shape index (κ1) is 21.4. The van der Waals surface area contributed by atoms with Crippen LogP contribution in [0, 0.1) is 0 Å². The lowest BCUT2D eigenvalue weighted by atomic mass is 10.2. The number of nitrogens with zero attached hydrogens (tertiary/aromatic N) is 4. The number of benzene rings is 2. The average Bonchev–Trinajstić information content (AvgIpc) is 3.39. The smallest absolute Gasteiger partial charge is 0.233 e. The van der Waals surface area contributed by atoms with E-state index in [2.05, 4.69) is 38.3 Å². The predicted molar refractivity (Wildman–Crippen MR) is 125 cm³/mol. The van der Waals surface area contributed by atoms with Crippen LogP contribution in [-0.2, 0) is 17.9 Å². The molecular weight excluding hydrogens is 476 g/mol. The number of thioether (sulfide) groups is 1. The van der Waals surface area contributed by atoms with Crippen LogP contribution in [0.5, 0.6) is 0 Å². The van der Waals surface area contributed by atoms with E-state index in [1.54, 1.807) is 4.90 Å². The van der Waals surface area contributed by atoms with Crippen LogP contribution in [0.2, 0.25) is 0 Å². The molecule has 0 atom stereocenters. The topological polar surface area (TPSA) is 64.2 Å². The molecule has 0 fully saturated rings. The van der Waals surface area contributed by atoms with Crippen molar-refractivity contribution in [2.24, 2.45) is 0 Å². The second-order valence-electron chi connectivity index (χ2n) is 7.01. The number of halogens is 1. The molecule has 0 radical (unpaired) electrons. The van der Waals surface area contributed by atoms with E-state index >= 15 is 0 Å². The van der Waals surface area contributed by atoms with Crippen LogP contribution < -0.4 is 0 Å². The zero-order chi connectivity index (χ0) is 21.6. The van der Waals surface area contributed by atoms with Gasteiger partial charge in [-0.05, 0) is 39.2 Å². The molecule has 0 saturated heterocycles. The molecule has 0 aliphatic carbocycles. The molecular formula is C23H21BrN4O2S. The first-order chi connectivity index (χ1) is 15.1. The third-order valence-electron chi connectivity index (χ3n) is 4.71. The molecule has 8 heteroatoms. The quantitative estimate of drug-likeness (QED) is 0.317. The molecule has 0 aliphatic rings. The Morgan fingerprint density at radius 1 is 1.00 bits per heavy atom. The Kier molecular flexibility index (Phi) is 6.89. The van der Waals surface area contributed by atoms with Gasteiger partial charge in [0.1, 0.15) is 0 Å². The van der Waals surface area contributed by atoms with Crippen LogP contribution in [0.15, 0.2) is 87.0 Å². The maximum atomic E-state index is 12.7. The Balaban J connectivity index is 1.50. The highest BCUT2D eigenvalue weighted by Crippen LogP contribution is 2.28. The lowest BCUT2D eigenvalue weighted by Gasteiger charge is -2.17. The normalized spacial score (nSPS) is 10.9. The van der Waals surface area contributed by atoms with Gasteiger partial charge in [-0.15, -0.1) is 10.2 Å². The first-order valence-corrected chi connectivity index (χ1v) is 11.5. The summed E-state index contributed by atoms with van der Waals surface area (Å²) in [7, 11) is 1.82. The zero-order valence-electron chi connectivity index (χ0n) is 16.9. The second-order valence-corrected chi connectivity index (χ2v) is 8.73. The van der Waals surface area contributed by atoms with Gasteiger partial charge in [-0.25, -0.2) is 0 Å². The summed E-state index contributed by atoms with van der Waals surface area (Å²) in [5.74, 6) is 1.56. The summed E-state index contributed by atoms with van der Waals surface area (Å²) in [5.41, 5.74) is 2.21. The molecule has 0 unspecified atom stereocenters. The molecule has 158 valence electrons. The molecule has 2 aromatic heterocycles. The number of hydrogen-bond donors (Lipinski definition) is 0. The Morgan fingerprint density at radius 3 is 2.32 bits per heavy atom. The lowest BCUT2D eigenvalue weighted by Crippen LogP contribution is -2.27. The molecule has 4 aromatic rings. The first-order valence-electron chi connectivity index (χ1n) is 9.73. The van der Waals surface area contributed by atoms with E-state index in [1.807, 2.05) is 72.3 Å². The molecule has 0 bridgehead atoms. The Hall–Kier alpha value is -2.84.